The van der Waals surface area contributed by atoms with Gasteiger partial charge < -0.3 is 14.4 Å². The van der Waals surface area contributed by atoms with Gasteiger partial charge in [0.2, 0.25) is 6.79 Å². The van der Waals surface area contributed by atoms with Crippen LogP contribution in [-0.4, -0.2) is 48.7 Å². The summed E-state index contributed by atoms with van der Waals surface area (Å²) >= 11 is 0. The maximum absolute atomic E-state index is 12.9. The number of hydrogen-bond donors (Lipinski definition) is 0. The van der Waals surface area contributed by atoms with Crippen LogP contribution in [0.5, 0.6) is 11.5 Å². The molecule has 2 aliphatic rings. The van der Waals surface area contributed by atoms with Crippen molar-refractivity contribution in [2.75, 3.05) is 33.0 Å². The van der Waals surface area contributed by atoms with E-state index in [4.69, 9.17) is 9.47 Å². The van der Waals surface area contributed by atoms with Gasteiger partial charge in [-0.3, -0.25) is 9.69 Å². The molecule has 2 aromatic carbocycles. The van der Waals surface area contributed by atoms with Crippen LogP contribution in [0.25, 0.3) is 0 Å². The lowest BCUT2D eigenvalue weighted by Gasteiger charge is -2.35. The molecule has 0 unspecified atom stereocenters. The van der Waals surface area contributed by atoms with Crippen LogP contribution in [0.2, 0.25) is 0 Å². The highest BCUT2D eigenvalue weighted by molar-refractivity contribution is 5.98. The van der Waals surface area contributed by atoms with Crippen molar-refractivity contribution in [1.82, 2.24) is 9.80 Å². The SMILES string of the molecule is CC(C)c1ccc(CN2CCN(C(=O)c3cccc4c3OCO4)CC2)cc1. The summed E-state index contributed by atoms with van der Waals surface area (Å²) < 4.78 is 10.9. The smallest absolute Gasteiger partial charge is 0.257 e. The number of nitrogens with zero attached hydrogens (tertiary/aromatic N) is 2. The highest BCUT2D eigenvalue weighted by atomic mass is 16.7. The maximum atomic E-state index is 12.9. The summed E-state index contributed by atoms with van der Waals surface area (Å²) in [6, 6.07) is 14.4. The Morgan fingerprint density at radius 2 is 1.74 bits per heavy atom. The molecule has 5 nitrogen and oxygen atoms in total. The Morgan fingerprint density at radius 3 is 2.44 bits per heavy atom. The number of ether oxygens (including phenoxy) is 2. The molecule has 0 spiro atoms. The van der Waals surface area contributed by atoms with Crippen molar-refractivity contribution in [3.63, 3.8) is 0 Å². The predicted octanol–water partition coefficient (Wildman–Crippen LogP) is 3.50. The normalized spacial score (nSPS) is 16.8. The van der Waals surface area contributed by atoms with Crippen molar-refractivity contribution in [3.8, 4) is 11.5 Å². The third kappa shape index (κ3) is 3.78. The predicted molar refractivity (Wildman–Crippen MR) is 104 cm³/mol. The van der Waals surface area contributed by atoms with E-state index in [0.29, 0.717) is 23.0 Å². The average molecular weight is 366 g/mol. The van der Waals surface area contributed by atoms with Gasteiger partial charge in [0.25, 0.3) is 5.91 Å². The van der Waals surface area contributed by atoms with Gasteiger partial charge in [-0.1, -0.05) is 44.2 Å². The van der Waals surface area contributed by atoms with Crippen molar-refractivity contribution in [2.24, 2.45) is 0 Å². The van der Waals surface area contributed by atoms with E-state index in [2.05, 4.69) is 43.0 Å². The molecule has 4 rings (SSSR count). The van der Waals surface area contributed by atoms with Gasteiger partial charge in [-0.15, -0.1) is 0 Å². The first kappa shape index (κ1) is 17.9. The van der Waals surface area contributed by atoms with E-state index in [0.717, 1.165) is 32.7 Å². The van der Waals surface area contributed by atoms with Gasteiger partial charge in [0, 0.05) is 32.7 Å². The van der Waals surface area contributed by atoms with Crippen LogP contribution in [-0.2, 0) is 6.54 Å². The number of amides is 1. The van der Waals surface area contributed by atoms with Gasteiger partial charge in [0.1, 0.15) is 0 Å². The molecule has 5 heteroatoms. The molecular weight excluding hydrogens is 340 g/mol. The van der Waals surface area contributed by atoms with Crippen LogP contribution in [0.1, 0.15) is 41.3 Å². The van der Waals surface area contributed by atoms with Crippen molar-refractivity contribution >= 4 is 5.91 Å². The summed E-state index contributed by atoms with van der Waals surface area (Å²) in [4.78, 5) is 17.2. The van der Waals surface area contributed by atoms with Gasteiger partial charge >= 0.3 is 0 Å². The molecule has 0 saturated carbocycles. The molecule has 0 atom stereocenters. The molecule has 142 valence electrons. The molecule has 0 bridgehead atoms. The zero-order valence-electron chi connectivity index (χ0n) is 16.0. The van der Waals surface area contributed by atoms with Crippen molar-refractivity contribution in [2.45, 2.75) is 26.3 Å². The van der Waals surface area contributed by atoms with E-state index in [1.807, 2.05) is 23.1 Å². The van der Waals surface area contributed by atoms with Crippen molar-refractivity contribution in [3.05, 3.63) is 59.2 Å². The fraction of sp³-hybridized carbons (Fsp3) is 0.409. The Bertz CT molecular complexity index is 809. The third-order valence-electron chi connectivity index (χ3n) is 5.34. The van der Waals surface area contributed by atoms with E-state index >= 15 is 0 Å². The Morgan fingerprint density at radius 1 is 1.00 bits per heavy atom. The summed E-state index contributed by atoms with van der Waals surface area (Å²) in [6.07, 6.45) is 0. The van der Waals surface area contributed by atoms with E-state index in [1.165, 1.54) is 11.1 Å². The number of para-hydroxylation sites is 1. The Kier molecular flexibility index (Phi) is 5.03. The average Bonchev–Trinajstić information content (AvgIpc) is 3.17. The topological polar surface area (TPSA) is 42.0 Å². The van der Waals surface area contributed by atoms with E-state index < -0.39 is 0 Å². The zero-order valence-corrected chi connectivity index (χ0v) is 16.0. The quantitative estimate of drug-likeness (QED) is 0.831. The summed E-state index contributed by atoms with van der Waals surface area (Å²) in [6.45, 7) is 8.76. The summed E-state index contributed by atoms with van der Waals surface area (Å²) in [5.74, 6) is 1.82. The van der Waals surface area contributed by atoms with Gasteiger partial charge in [0.15, 0.2) is 11.5 Å². The minimum atomic E-state index is 0.0262. The van der Waals surface area contributed by atoms with Gasteiger partial charge in [-0.2, -0.15) is 0 Å². The highest BCUT2D eigenvalue weighted by Gasteiger charge is 2.27. The summed E-state index contributed by atoms with van der Waals surface area (Å²) in [5, 5.41) is 0. The van der Waals surface area contributed by atoms with Crippen LogP contribution in [0, 0.1) is 0 Å². The standard InChI is InChI=1S/C22H26N2O3/c1-16(2)18-8-6-17(7-9-18)14-23-10-12-24(13-11-23)22(25)19-4-3-5-20-21(19)27-15-26-20/h3-9,16H,10-15H2,1-2H3. The van der Waals surface area contributed by atoms with E-state index in [1.54, 1.807) is 0 Å². The number of carbonyl (C=O) groups excluding carboxylic acids is 1. The lowest BCUT2D eigenvalue weighted by Crippen LogP contribution is -2.48. The number of piperazine rings is 1. The van der Waals surface area contributed by atoms with Crippen molar-refractivity contribution in [1.29, 1.82) is 0 Å². The number of fused-ring (bicyclic) bond motifs is 1. The van der Waals surface area contributed by atoms with Crippen molar-refractivity contribution < 1.29 is 14.3 Å². The van der Waals surface area contributed by atoms with Gasteiger partial charge in [-0.05, 0) is 29.2 Å². The lowest BCUT2D eigenvalue weighted by atomic mass is 10.0. The Hall–Kier alpha value is -2.53. The monoisotopic (exact) mass is 366 g/mol. The molecule has 27 heavy (non-hydrogen) atoms. The zero-order chi connectivity index (χ0) is 18.8. The second-order valence-electron chi connectivity index (χ2n) is 7.50. The van der Waals surface area contributed by atoms with Gasteiger partial charge in [-0.25, -0.2) is 0 Å². The van der Waals surface area contributed by atoms with Crippen LogP contribution in [0.15, 0.2) is 42.5 Å². The fourth-order valence-electron chi connectivity index (χ4n) is 3.64. The number of rotatable bonds is 4. The van der Waals surface area contributed by atoms with E-state index in [9.17, 15) is 4.79 Å². The molecule has 0 aliphatic carbocycles. The molecule has 1 fully saturated rings. The third-order valence-corrected chi connectivity index (χ3v) is 5.34. The van der Waals surface area contributed by atoms with Crippen LogP contribution >= 0.6 is 0 Å². The number of hydrogen-bond acceptors (Lipinski definition) is 4. The van der Waals surface area contributed by atoms with Gasteiger partial charge in [0.05, 0.1) is 5.56 Å². The molecular formula is C22H26N2O3. The maximum Gasteiger partial charge on any atom is 0.257 e. The minimum Gasteiger partial charge on any atom is -0.454 e. The van der Waals surface area contributed by atoms with Crippen LogP contribution in [0.3, 0.4) is 0 Å². The van der Waals surface area contributed by atoms with Crippen LogP contribution in [0.4, 0.5) is 0 Å². The van der Waals surface area contributed by atoms with Crippen LogP contribution < -0.4 is 9.47 Å². The lowest BCUT2D eigenvalue weighted by molar-refractivity contribution is 0.0624. The number of benzene rings is 2. The molecule has 1 saturated heterocycles. The largest absolute Gasteiger partial charge is 0.454 e. The second-order valence-corrected chi connectivity index (χ2v) is 7.50. The second kappa shape index (κ2) is 7.61. The molecule has 2 aliphatic heterocycles. The summed E-state index contributed by atoms with van der Waals surface area (Å²) in [7, 11) is 0. The fourth-order valence-corrected chi connectivity index (χ4v) is 3.64. The molecule has 0 N–H and O–H groups in total. The molecule has 0 aromatic heterocycles. The minimum absolute atomic E-state index is 0.0262. The first-order chi connectivity index (χ1) is 13.1. The first-order valence-electron chi connectivity index (χ1n) is 9.61. The Labute approximate surface area is 160 Å². The Balaban J connectivity index is 1.35. The van der Waals surface area contributed by atoms with E-state index in [-0.39, 0.29) is 12.7 Å². The number of carbonyl (C=O) groups is 1. The highest BCUT2D eigenvalue weighted by Crippen LogP contribution is 2.36. The molecule has 0 radical (unpaired) electrons. The molecule has 2 aromatic rings. The molecule has 1 amide bonds. The molecule has 2 heterocycles. The summed E-state index contributed by atoms with van der Waals surface area (Å²) in [5.41, 5.74) is 3.30. The first-order valence-corrected chi connectivity index (χ1v) is 9.61.